The van der Waals surface area contributed by atoms with Gasteiger partial charge in [0.05, 0.1) is 0 Å². The van der Waals surface area contributed by atoms with E-state index in [2.05, 4.69) is 70.3 Å². The molecule has 2 heterocycles. The zero-order chi connectivity index (χ0) is 17.8. The Kier molecular flexibility index (Phi) is 5.54. The fourth-order valence-corrected chi connectivity index (χ4v) is 4.07. The topological polar surface area (TPSA) is 19.0 Å². The molecule has 0 saturated carbocycles. The second-order valence-electron chi connectivity index (χ2n) is 7.57. The van der Waals surface area contributed by atoms with Gasteiger partial charge in [0, 0.05) is 57.4 Å². The van der Waals surface area contributed by atoms with Crippen molar-refractivity contribution in [1.82, 2.24) is 14.7 Å². The molecule has 26 heavy (non-hydrogen) atoms. The average molecular weight is 351 g/mol. The van der Waals surface area contributed by atoms with Gasteiger partial charge in [0.2, 0.25) is 0 Å². The molecule has 1 atom stereocenters. The molecule has 2 aliphatic heterocycles. The molecule has 0 aliphatic carbocycles. The molecule has 0 bridgehead atoms. The highest BCUT2D eigenvalue weighted by Gasteiger charge is 2.30. The SMILES string of the molecule is CN1CCN2CCN(Cc3ccccc3OCc3ccccc3)C[C@H]2C1. The highest BCUT2D eigenvalue weighted by atomic mass is 16.5. The van der Waals surface area contributed by atoms with Crippen LogP contribution in [0.1, 0.15) is 11.1 Å². The number of benzene rings is 2. The summed E-state index contributed by atoms with van der Waals surface area (Å²) in [6, 6.07) is 19.6. The molecule has 0 radical (unpaired) electrons. The summed E-state index contributed by atoms with van der Waals surface area (Å²) in [6.07, 6.45) is 0. The van der Waals surface area contributed by atoms with Crippen molar-refractivity contribution in [3.8, 4) is 5.75 Å². The predicted molar refractivity (Wildman–Crippen MR) is 105 cm³/mol. The number of ether oxygens (including phenoxy) is 1. The van der Waals surface area contributed by atoms with Crippen molar-refractivity contribution in [2.24, 2.45) is 0 Å². The fraction of sp³-hybridized carbons (Fsp3) is 0.455. The van der Waals surface area contributed by atoms with Crippen LogP contribution in [0.15, 0.2) is 54.6 Å². The van der Waals surface area contributed by atoms with Crippen LogP contribution in [0.3, 0.4) is 0 Å². The van der Waals surface area contributed by atoms with E-state index in [4.69, 9.17) is 4.74 Å². The lowest BCUT2D eigenvalue weighted by Crippen LogP contribution is -2.61. The lowest BCUT2D eigenvalue weighted by molar-refractivity contribution is 0.0172. The van der Waals surface area contributed by atoms with Crippen molar-refractivity contribution >= 4 is 0 Å². The first-order valence-electron chi connectivity index (χ1n) is 9.67. The van der Waals surface area contributed by atoms with Gasteiger partial charge in [0.25, 0.3) is 0 Å². The van der Waals surface area contributed by atoms with E-state index in [-0.39, 0.29) is 0 Å². The van der Waals surface area contributed by atoms with Gasteiger partial charge >= 0.3 is 0 Å². The second-order valence-corrected chi connectivity index (χ2v) is 7.57. The van der Waals surface area contributed by atoms with E-state index in [0.29, 0.717) is 12.6 Å². The third-order valence-electron chi connectivity index (χ3n) is 5.58. The van der Waals surface area contributed by atoms with Crippen LogP contribution in [0.25, 0.3) is 0 Å². The third kappa shape index (κ3) is 4.26. The van der Waals surface area contributed by atoms with Crippen LogP contribution in [0.5, 0.6) is 5.75 Å². The Bertz CT molecular complexity index is 706. The summed E-state index contributed by atoms with van der Waals surface area (Å²) < 4.78 is 6.14. The predicted octanol–water partition coefficient (Wildman–Crippen LogP) is 2.70. The van der Waals surface area contributed by atoms with Gasteiger partial charge in [0.1, 0.15) is 12.4 Å². The molecule has 0 amide bonds. The smallest absolute Gasteiger partial charge is 0.124 e. The number of piperazine rings is 2. The Balaban J connectivity index is 1.39. The lowest BCUT2D eigenvalue weighted by Gasteiger charge is -2.46. The van der Waals surface area contributed by atoms with Crippen LogP contribution in [0, 0.1) is 0 Å². The number of rotatable bonds is 5. The van der Waals surface area contributed by atoms with Crippen LogP contribution in [0.2, 0.25) is 0 Å². The molecule has 0 unspecified atom stereocenters. The largest absolute Gasteiger partial charge is 0.489 e. The summed E-state index contributed by atoms with van der Waals surface area (Å²) in [5, 5.41) is 0. The summed E-state index contributed by atoms with van der Waals surface area (Å²) in [6.45, 7) is 8.68. The maximum atomic E-state index is 6.14. The summed E-state index contributed by atoms with van der Waals surface area (Å²) in [7, 11) is 2.24. The highest BCUT2D eigenvalue weighted by Crippen LogP contribution is 2.23. The standard InChI is InChI=1S/C22H29N3O/c1-23-11-13-25-14-12-24(17-21(25)16-23)15-20-9-5-6-10-22(20)26-18-19-7-3-2-4-8-19/h2-10,21H,11-18H2,1H3/t21-/m1/s1. The normalized spacial score (nSPS) is 22.1. The summed E-state index contributed by atoms with van der Waals surface area (Å²) in [5.41, 5.74) is 2.50. The van der Waals surface area contributed by atoms with Crippen molar-refractivity contribution in [1.29, 1.82) is 0 Å². The number of hydrogen-bond acceptors (Lipinski definition) is 4. The maximum absolute atomic E-state index is 6.14. The molecule has 2 aromatic rings. The van der Waals surface area contributed by atoms with Gasteiger partial charge in [-0.1, -0.05) is 48.5 Å². The van der Waals surface area contributed by atoms with E-state index >= 15 is 0 Å². The zero-order valence-corrected chi connectivity index (χ0v) is 15.7. The van der Waals surface area contributed by atoms with Gasteiger partial charge in [-0.05, 0) is 18.7 Å². The molecule has 2 fully saturated rings. The first kappa shape index (κ1) is 17.5. The van der Waals surface area contributed by atoms with E-state index < -0.39 is 0 Å². The zero-order valence-electron chi connectivity index (χ0n) is 15.7. The third-order valence-corrected chi connectivity index (χ3v) is 5.58. The molecule has 2 aliphatic rings. The van der Waals surface area contributed by atoms with Gasteiger partial charge < -0.3 is 9.64 Å². The average Bonchev–Trinajstić information content (AvgIpc) is 2.68. The van der Waals surface area contributed by atoms with Crippen LogP contribution in [-0.2, 0) is 13.2 Å². The number of hydrogen-bond donors (Lipinski definition) is 0. The summed E-state index contributed by atoms with van der Waals surface area (Å²) in [4.78, 5) is 7.71. The number of fused-ring (bicyclic) bond motifs is 1. The number of para-hydroxylation sites is 1. The van der Waals surface area contributed by atoms with Gasteiger partial charge in [-0.3, -0.25) is 9.80 Å². The molecule has 4 heteroatoms. The quantitative estimate of drug-likeness (QED) is 0.824. The minimum atomic E-state index is 0.624. The molecular weight excluding hydrogens is 322 g/mol. The Hall–Kier alpha value is -1.88. The van der Waals surface area contributed by atoms with Gasteiger partial charge in [0.15, 0.2) is 0 Å². The van der Waals surface area contributed by atoms with Crippen molar-refractivity contribution < 1.29 is 4.74 Å². The maximum Gasteiger partial charge on any atom is 0.124 e. The van der Waals surface area contributed by atoms with Crippen molar-refractivity contribution in [2.45, 2.75) is 19.2 Å². The van der Waals surface area contributed by atoms with Crippen LogP contribution in [-0.4, -0.2) is 67.1 Å². The highest BCUT2D eigenvalue weighted by molar-refractivity contribution is 5.33. The molecular formula is C22H29N3O. The second kappa shape index (κ2) is 8.21. The van der Waals surface area contributed by atoms with Crippen LogP contribution < -0.4 is 4.74 Å². The summed E-state index contributed by atoms with van der Waals surface area (Å²) >= 11 is 0. The van der Waals surface area contributed by atoms with Gasteiger partial charge in [-0.25, -0.2) is 0 Å². The van der Waals surface area contributed by atoms with Gasteiger partial charge in [-0.15, -0.1) is 0 Å². The molecule has 4 nitrogen and oxygen atoms in total. The Labute approximate surface area is 157 Å². The number of nitrogens with zero attached hydrogens (tertiary/aromatic N) is 3. The lowest BCUT2D eigenvalue weighted by atomic mass is 10.1. The minimum absolute atomic E-state index is 0.624. The van der Waals surface area contributed by atoms with Gasteiger partial charge in [-0.2, -0.15) is 0 Å². The van der Waals surface area contributed by atoms with Crippen molar-refractivity contribution in [3.05, 3.63) is 65.7 Å². The number of likely N-dealkylation sites (N-methyl/N-ethyl adjacent to an activating group) is 1. The van der Waals surface area contributed by atoms with E-state index in [0.717, 1.165) is 25.4 Å². The van der Waals surface area contributed by atoms with Crippen LogP contribution in [0.4, 0.5) is 0 Å². The van der Waals surface area contributed by atoms with E-state index in [1.54, 1.807) is 0 Å². The molecule has 0 aromatic heterocycles. The Morgan fingerprint density at radius 2 is 1.65 bits per heavy atom. The van der Waals surface area contributed by atoms with E-state index in [1.165, 1.54) is 37.3 Å². The first-order chi connectivity index (χ1) is 12.8. The van der Waals surface area contributed by atoms with Crippen LogP contribution >= 0.6 is 0 Å². The molecule has 2 aromatic carbocycles. The molecule has 0 N–H and O–H groups in total. The van der Waals surface area contributed by atoms with Crippen molar-refractivity contribution in [3.63, 3.8) is 0 Å². The minimum Gasteiger partial charge on any atom is -0.489 e. The molecule has 138 valence electrons. The van der Waals surface area contributed by atoms with Crippen molar-refractivity contribution in [2.75, 3.05) is 46.3 Å². The molecule has 2 saturated heterocycles. The Morgan fingerprint density at radius 1 is 0.885 bits per heavy atom. The fourth-order valence-electron chi connectivity index (χ4n) is 4.07. The summed E-state index contributed by atoms with van der Waals surface area (Å²) in [5.74, 6) is 1.01. The first-order valence-corrected chi connectivity index (χ1v) is 9.67. The monoisotopic (exact) mass is 351 g/mol. The molecule has 4 rings (SSSR count). The van der Waals surface area contributed by atoms with E-state index in [1.807, 2.05) is 6.07 Å². The van der Waals surface area contributed by atoms with E-state index in [9.17, 15) is 0 Å². The molecule has 0 spiro atoms. The Morgan fingerprint density at radius 3 is 2.54 bits per heavy atom.